The van der Waals surface area contributed by atoms with Crippen molar-refractivity contribution in [1.29, 1.82) is 5.26 Å². The SMILES string of the molecule is CC(C)(C)C1CCN(c2ccc(N)cc2C#N)C1. The van der Waals surface area contributed by atoms with Gasteiger partial charge in [0.2, 0.25) is 0 Å². The van der Waals surface area contributed by atoms with Crippen molar-refractivity contribution in [2.24, 2.45) is 11.3 Å². The minimum absolute atomic E-state index is 0.329. The monoisotopic (exact) mass is 243 g/mol. The molecule has 0 radical (unpaired) electrons. The summed E-state index contributed by atoms with van der Waals surface area (Å²) in [6, 6.07) is 7.86. The van der Waals surface area contributed by atoms with Crippen LogP contribution < -0.4 is 10.6 Å². The highest BCUT2D eigenvalue weighted by Gasteiger charge is 2.32. The minimum Gasteiger partial charge on any atom is -0.399 e. The summed E-state index contributed by atoms with van der Waals surface area (Å²) in [5.74, 6) is 0.682. The summed E-state index contributed by atoms with van der Waals surface area (Å²) in [5, 5.41) is 9.20. The van der Waals surface area contributed by atoms with Gasteiger partial charge in [-0.1, -0.05) is 20.8 Å². The van der Waals surface area contributed by atoms with Crippen LogP contribution in [0.3, 0.4) is 0 Å². The lowest BCUT2D eigenvalue weighted by Crippen LogP contribution is -2.26. The second-order valence-electron chi connectivity index (χ2n) is 6.19. The van der Waals surface area contributed by atoms with Crippen LogP contribution in [-0.2, 0) is 0 Å². The van der Waals surface area contributed by atoms with Gasteiger partial charge < -0.3 is 10.6 Å². The second-order valence-corrected chi connectivity index (χ2v) is 6.19. The van der Waals surface area contributed by atoms with Crippen molar-refractivity contribution < 1.29 is 0 Å². The van der Waals surface area contributed by atoms with E-state index in [4.69, 9.17) is 5.73 Å². The third kappa shape index (κ3) is 2.43. The molecule has 3 nitrogen and oxygen atoms in total. The van der Waals surface area contributed by atoms with Gasteiger partial charge in [0.1, 0.15) is 6.07 Å². The van der Waals surface area contributed by atoms with Crippen molar-refractivity contribution in [2.75, 3.05) is 23.7 Å². The Balaban J connectivity index is 2.23. The van der Waals surface area contributed by atoms with Gasteiger partial charge >= 0.3 is 0 Å². The largest absolute Gasteiger partial charge is 0.399 e. The molecule has 1 unspecified atom stereocenters. The lowest BCUT2D eigenvalue weighted by atomic mass is 9.80. The zero-order valence-electron chi connectivity index (χ0n) is 11.4. The Morgan fingerprint density at radius 1 is 1.39 bits per heavy atom. The number of nitrogens with zero attached hydrogens (tertiary/aromatic N) is 2. The first-order chi connectivity index (χ1) is 8.41. The molecule has 0 aromatic heterocycles. The van der Waals surface area contributed by atoms with Gasteiger partial charge in [-0.3, -0.25) is 0 Å². The average molecular weight is 243 g/mol. The maximum absolute atomic E-state index is 9.20. The summed E-state index contributed by atoms with van der Waals surface area (Å²) in [6.45, 7) is 8.92. The molecule has 0 saturated carbocycles. The fourth-order valence-corrected chi connectivity index (χ4v) is 2.60. The van der Waals surface area contributed by atoms with Crippen LogP contribution in [0, 0.1) is 22.7 Å². The van der Waals surface area contributed by atoms with E-state index >= 15 is 0 Å². The highest BCUT2D eigenvalue weighted by atomic mass is 15.2. The number of nitriles is 1. The third-order valence-electron chi connectivity index (χ3n) is 3.89. The van der Waals surface area contributed by atoms with Crippen molar-refractivity contribution in [3.8, 4) is 6.07 Å². The van der Waals surface area contributed by atoms with Crippen LogP contribution in [0.25, 0.3) is 0 Å². The van der Waals surface area contributed by atoms with Crippen LogP contribution in [0.5, 0.6) is 0 Å². The maximum Gasteiger partial charge on any atom is 0.101 e. The molecule has 1 fully saturated rings. The summed E-state index contributed by atoms with van der Waals surface area (Å²) >= 11 is 0. The van der Waals surface area contributed by atoms with E-state index in [0.29, 0.717) is 22.6 Å². The molecule has 0 aliphatic carbocycles. The first-order valence-corrected chi connectivity index (χ1v) is 6.46. The number of benzene rings is 1. The van der Waals surface area contributed by atoms with Gasteiger partial charge in [-0.2, -0.15) is 5.26 Å². The second kappa shape index (κ2) is 4.53. The first kappa shape index (κ1) is 12.8. The number of hydrogen-bond acceptors (Lipinski definition) is 3. The van der Waals surface area contributed by atoms with Crippen LogP contribution in [0.1, 0.15) is 32.8 Å². The van der Waals surface area contributed by atoms with Gasteiger partial charge in [-0.15, -0.1) is 0 Å². The topological polar surface area (TPSA) is 53.0 Å². The number of anilines is 2. The van der Waals surface area contributed by atoms with Crippen LogP contribution in [0.15, 0.2) is 18.2 Å². The molecule has 0 bridgehead atoms. The molecule has 18 heavy (non-hydrogen) atoms. The van der Waals surface area contributed by atoms with Crippen LogP contribution in [0.2, 0.25) is 0 Å². The molecule has 1 aromatic carbocycles. The zero-order valence-corrected chi connectivity index (χ0v) is 11.4. The van der Waals surface area contributed by atoms with Gasteiger partial charge in [-0.25, -0.2) is 0 Å². The smallest absolute Gasteiger partial charge is 0.101 e. The van der Waals surface area contributed by atoms with E-state index in [2.05, 4.69) is 31.7 Å². The molecular formula is C15H21N3. The quantitative estimate of drug-likeness (QED) is 0.771. The Labute approximate surface area is 109 Å². The molecule has 2 rings (SSSR count). The molecule has 0 amide bonds. The molecule has 3 heteroatoms. The fourth-order valence-electron chi connectivity index (χ4n) is 2.60. The summed E-state index contributed by atoms with van der Waals surface area (Å²) in [6.07, 6.45) is 1.19. The molecule has 1 aliphatic heterocycles. The van der Waals surface area contributed by atoms with E-state index in [9.17, 15) is 5.26 Å². The minimum atomic E-state index is 0.329. The van der Waals surface area contributed by atoms with Gasteiger partial charge in [0.05, 0.1) is 11.3 Å². The van der Waals surface area contributed by atoms with Crippen LogP contribution in [0.4, 0.5) is 11.4 Å². The maximum atomic E-state index is 9.20. The van der Waals surface area contributed by atoms with E-state index in [1.807, 2.05) is 12.1 Å². The van der Waals surface area contributed by atoms with Crippen LogP contribution in [-0.4, -0.2) is 13.1 Å². The van der Waals surface area contributed by atoms with Gasteiger partial charge in [-0.05, 0) is 36.0 Å². The molecule has 96 valence electrons. The summed E-state index contributed by atoms with van der Waals surface area (Å²) in [4.78, 5) is 2.31. The molecule has 1 aliphatic rings. The van der Waals surface area contributed by atoms with Crippen molar-refractivity contribution >= 4 is 11.4 Å². The van der Waals surface area contributed by atoms with E-state index < -0.39 is 0 Å². The fraction of sp³-hybridized carbons (Fsp3) is 0.533. The van der Waals surface area contributed by atoms with Crippen molar-refractivity contribution in [2.45, 2.75) is 27.2 Å². The Bertz CT molecular complexity index is 479. The molecule has 1 atom stereocenters. The predicted octanol–water partition coefficient (Wildman–Crippen LogP) is 3.01. The highest BCUT2D eigenvalue weighted by Crippen LogP contribution is 2.36. The molecule has 1 heterocycles. The molecule has 1 aromatic rings. The lowest BCUT2D eigenvalue weighted by Gasteiger charge is -2.27. The summed E-state index contributed by atoms with van der Waals surface area (Å²) in [5.41, 5.74) is 8.42. The first-order valence-electron chi connectivity index (χ1n) is 6.46. The predicted molar refractivity (Wildman–Crippen MR) is 75.3 cm³/mol. The van der Waals surface area contributed by atoms with Gasteiger partial charge in [0.15, 0.2) is 0 Å². The van der Waals surface area contributed by atoms with Crippen LogP contribution >= 0.6 is 0 Å². The number of hydrogen-bond donors (Lipinski definition) is 1. The Hall–Kier alpha value is -1.69. The van der Waals surface area contributed by atoms with Gasteiger partial charge in [0.25, 0.3) is 0 Å². The molecular weight excluding hydrogens is 222 g/mol. The Morgan fingerprint density at radius 2 is 2.11 bits per heavy atom. The van der Waals surface area contributed by atoms with E-state index in [1.165, 1.54) is 6.42 Å². The van der Waals surface area contributed by atoms with E-state index in [-0.39, 0.29) is 0 Å². The van der Waals surface area contributed by atoms with E-state index in [0.717, 1.165) is 18.8 Å². The Kier molecular flexibility index (Phi) is 3.21. The summed E-state index contributed by atoms with van der Waals surface area (Å²) < 4.78 is 0. The molecule has 2 N–H and O–H groups in total. The van der Waals surface area contributed by atoms with E-state index in [1.54, 1.807) is 6.07 Å². The number of nitrogens with two attached hydrogens (primary N) is 1. The molecule has 0 spiro atoms. The normalized spacial score (nSPS) is 19.9. The standard InChI is InChI=1S/C15H21N3/c1-15(2,3)12-6-7-18(10-12)14-5-4-13(17)8-11(14)9-16/h4-5,8,12H,6-7,10,17H2,1-3H3. The highest BCUT2D eigenvalue weighted by molar-refractivity contribution is 5.64. The van der Waals surface area contributed by atoms with Crippen molar-refractivity contribution in [3.05, 3.63) is 23.8 Å². The average Bonchev–Trinajstić information content (AvgIpc) is 2.77. The summed E-state index contributed by atoms with van der Waals surface area (Å²) in [7, 11) is 0. The van der Waals surface area contributed by atoms with Crippen molar-refractivity contribution in [3.63, 3.8) is 0 Å². The third-order valence-corrected chi connectivity index (χ3v) is 3.89. The number of rotatable bonds is 1. The molecule has 1 saturated heterocycles. The number of nitrogen functional groups attached to an aromatic ring is 1. The Morgan fingerprint density at radius 3 is 2.67 bits per heavy atom. The zero-order chi connectivity index (χ0) is 13.3. The lowest BCUT2D eigenvalue weighted by molar-refractivity contribution is 0.263. The van der Waals surface area contributed by atoms with Crippen molar-refractivity contribution in [1.82, 2.24) is 0 Å². The van der Waals surface area contributed by atoms with Gasteiger partial charge in [0, 0.05) is 18.8 Å².